The van der Waals surface area contributed by atoms with Gasteiger partial charge >= 0.3 is 0 Å². The second kappa shape index (κ2) is 5.22. The summed E-state index contributed by atoms with van der Waals surface area (Å²) in [5.41, 5.74) is 5.24. The highest BCUT2D eigenvalue weighted by Crippen LogP contribution is 2.14. The maximum atomic E-state index is 11.7. The van der Waals surface area contributed by atoms with E-state index < -0.39 is 16.1 Å². The molecule has 90 valence electrons. The monoisotopic (exact) mass is 238 g/mol. The molecule has 2 atom stereocenters. The molecule has 6 nitrogen and oxygen atoms in total. The summed E-state index contributed by atoms with van der Waals surface area (Å²) >= 11 is 0. The van der Waals surface area contributed by atoms with Gasteiger partial charge in [0, 0.05) is 19.6 Å². The zero-order chi connectivity index (χ0) is 11.5. The molecule has 15 heavy (non-hydrogen) atoms. The average molecular weight is 238 g/mol. The van der Waals surface area contributed by atoms with E-state index in [1.165, 1.54) is 4.31 Å². The van der Waals surface area contributed by atoms with Crippen molar-refractivity contribution in [1.82, 2.24) is 4.31 Å². The lowest BCUT2D eigenvalue weighted by Gasteiger charge is -2.35. The molecule has 0 amide bonds. The van der Waals surface area contributed by atoms with Gasteiger partial charge in [-0.3, -0.25) is 0 Å². The Balaban J connectivity index is 2.69. The molecule has 1 heterocycles. The number of morpholine rings is 1. The molecule has 2 unspecified atom stereocenters. The standard InChI is InChI=1S/C8H18N2O4S/c1-7-4-10(5-8(6-11)14-7)15(12,13)3-2-9/h7-8,11H,2-6,9H2,1H3. The fourth-order valence-electron chi connectivity index (χ4n) is 1.61. The Hall–Kier alpha value is -0.210. The molecule has 1 fully saturated rings. The van der Waals surface area contributed by atoms with Crippen LogP contribution < -0.4 is 5.73 Å². The van der Waals surface area contributed by atoms with E-state index in [0.717, 1.165) is 0 Å². The van der Waals surface area contributed by atoms with E-state index in [-0.39, 0.29) is 31.6 Å². The lowest BCUT2D eigenvalue weighted by Crippen LogP contribution is -2.51. The summed E-state index contributed by atoms with van der Waals surface area (Å²) in [5.74, 6) is -0.0577. The van der Waals surface area contributed by atoms with Crippen LogP contribution in [0.3, 0.4) is 0 Å². The number of sulfonamides is 1. The minimum Gasteiger partial charge on any atom is -0.394 e. The van der Waals surface area contributed by atoms with Gasteiger partial charge in [-0.15, -0.1) is 0 Å². The van der Waals surface area contributed by atoms with Crippen LogP contribution in [-0.2, 0) is 14.8 Å². The molecule has 1 aliphatic rings. The molecule has 0 aromatic rings. The zero-order valence-corrected chi connectivity index (χ0v) is 9.61. The van der Waals surface area contributed by atoms with Crippen LogP contribution in [0.1, 0.15) is 6.92 Å². The Morgan fingerprint density at radius 1 is 1.53 bits per heavy atom. The van der Waals surface area contributed by atoms with Crippen molar-refractivity contribution in [2.45, 2.75) is 19.1 Å². The van der Waals surface area contributed by atoms with Gasteiger partial charge in [0.05, 0.1) is 24.6 Å². The van der Waals surface area contributed by atoms with Crippen LogP contribution in [0, 0.1) is 0 Å². The quantitative estimate of drug-likeness (QED) is 0.612. The minimum absolute atomic E-state index is 0.0577. The summed E-state index contributed by atoms with van der Waals surface area (Å²) in [6.45, 7) is 2.27. The molecule has 1 aliphatic heterocycles. The van der Waals surface area contributed by atoms with Crippen LogP contribution in [0.2, 0.25) is 0 Å². The molecule has 0 saturated carbocycles. The van der Waals surface area contributed by atoms with Crippen molar-refractivity contribution in [1.29, 1.82) is 0 Å². The van der Waals surface area contributed by atoms with Crippen LogP contribution in [-0.4, -0.2) is 62.0 Å². The Morgan fingerprint density at radius 2 is 2.20 bits per heavy atom. The third kappa shape index (κ3) is 3.39. The Kier molecular flexibility index (Phi) is 4.47. The molecule has 0 radical (unpaired) electrons. The smallest absolute Gasteiger partial charge is 0.215 e. The summed E-state index contributed by atoms with van der Waals surface area (Å²) in [6.07, 6.45) is -0.621. The molecular weight excluding hydrogens is 220 g/mol. The lowest BCUT2D eigenvalue weighted by atomic mass is 10.2. The first-order valence-corrected chi connectivity index (χ1v) is 6.54. The number of aliphatic hydroxyl groups excluding tert-OH is 1. The van der Waals surface area contributed by atoms with Crippen molar-refractivity contribution in [2.24, 2.45) is 5.73 Å². The van der Waals surface area contributed by atoms with Crippen LogP contribution in [0.5, 0.6) is 0 Å². The Labute approximate surface area is 90.1 Å². The fraction of sp³-hybridized carbons (Fsp3) is 1.00. The van der Waals surface area contributed by atoms with Gasteiger partial charge in [-0.2, -0.15) is 4.31 Å². The molecule has 0 bridgehead atoms. The third-order valence-electron chi connectivity index (χ3n) is 2.27. The van der Waals surface area contributed by atoms with Gasteiger partial charge in [-0.05, 0) is 6.92 Å². The highest BCUT2D eigenvalue weighted by atomic mass is 32.2. The van der Waals surface area contributed by atoms with Crippen LogP contribution >= 0.6 is 0 Å². The number of hydrogen-bond donors (Lipinski definition) is 2. The Bertz CT molecular complexity index is 293. The van der Waals surface area contributed by atoms with E-state index in [1.807, 2.05) is 0 Å². The summed E-state index contributed by atoms with van der Waals surface area (Å²) in [5, 5.41) is 8.95. The maximum absolute atomic E-state index is 11.7. The van der Waals surface area contributed by atoms with E-state index >= 15 is 0 Å². The molecule has 7 heteroatoms. The molecule has 0 aromatic carbocycles. The fourth-order valence-corrected chi connectivity index (χ4v) is 3.00. The second-order valence-corrected chi connectivity index (χ2v) is 5.76. The van der Waals surface area contributed by atoms with Gasteiger partial charge in [0.2, 0.25) is 10.0 Å². The predicted molar refractivity (Wildman–Crippen MR) is 55.8 cm³/mol. The van der Waals surface area contributed by atoms with E-state index in [0.29, 0.717) is 6.54 Å². The summed E-state index contributed by atoms with van der Waals surface area (Å²) < 4.78 is 30.1. The number of hydrogen-bond acceptors (Lipinski definition) is 5. The predicted octanol–water partition coefficient (Wildman–Crippen LogP) is -1.64. The highest BCUT2D eigenvalue weighted by molar-refractivity contribution is 7.89. The van der Waals surface area contributed by atoms with Gasteiger partial charge in [0.25, 0.3) is 0 Å². The lowest BCUT2D eigenvalue weighted by molar-refractivity contribution is -0.0750. The number of rotatable bonds is 4. The minimum atomic E-state index is -3.29. The molecule has 0 aromatic heterocycles. The van der Waals surface area contributed by atoms with Crippen molar-refractivity contribution in [3.63, 3.8) is 0 Å². The molecule has 3 N–H and O–H groups in total. The van der Waals surface area contributed by atoms with Crippen molar-refractivity contribution in [2.75, 3.05) is 32.0 Å². The first-order valence-electron chi connectivity index (χ1n) is 4.94. The van der Waals surface area contributed by atoms with Crippen molar-refractivity contribution < 1.29 is 18.3 Å². The van der Waals surface area contributed by atoms with Gasteiger partial charge in [0.15, 0.2) is 0 Å². The van der Waals surface area contributed by atoms with Crippen molar-refractivity contribution in [3.8, 4) is 0 Å². The van der Waals surface area contributed by atoms with Gasteiger partial charge in [-0.1, -0.05) is 0 Å². The number of aliphatic hydroxyl groups is 1. The number of nitrogens with two attached hydrogens (primary N) is 1. The van der Waals surface area contributed by atoms with E-state index in [9.17, 15) is 8.42 Å². The highest BCUT2D eigenvalue weighted by Gasteiger charge is 2.31. The normalized spacial score (nSPS) is 29.3. The van der Waals surface area contributed by atoms with E-state index in [2.05, 4.69) is 0 Å². The molecule has 1 saturated heterocycles. The van der Waals surface area contributed by atoms with Crippen LogP contribution in [0.15, 0.2) is 0 Å². The van der Waals surface area contributed by atoms with Crippen LogP contribution in [0.4, 0.5) is 0 Å². The van der Waals surface area contributed by atoms with E-state index in [1.54, 1.807) is 6.92 Å². The number of ether oxygens (including phenoxy) is 1. The summed E-state index contributed by atoms with van der Waals surface area (Å²) in [6, 6.07) is 0. The second-order valence-electron chi connectivity index (χ2n) is 3.67. The molecular formula is C8H18N2O4S. The first kappa shape index (κ1) is 12.9. The van der Waals surface area contributed by atoms with Crippen molar-refractivity contribution >= 4 is 10.0 Å². The largest absolute Gasteiger partial charge is 0.394 e. The topological polar surface area (TPSA) is 92.9 Å². The molecule has 1 rings (SSSR count). The molecule has 0 aliphatic carbocycles. The molecule has 0 spiro atoms. The van der Waals surface area contributed by atoms with E-state index in [4.69, 9.17) is 15.6 Å². The summed E-state index contributed by atoms with van der Waals surface area (Å²) in [4.78, 5) is 0. The van der Waals surface area contributed by atoms with Gasteiger partial charge < -0.3 is 15.6 Å². The SMILES string of the molecule is CC1CN(S(=O)(=O)CCN)CC(CO)O1. The van der Waals surface area contributed by atoms with Gasteiger partial charge in [0.1, 0.15) is 0 Å². The maximum Gasteiger partial charge on any atom is 0.215 e. The van der Waals surface area contributed by atoms with Crippen LogP contribution in [0.25, 0.3) is 0 Å². The summed E-state index contributed by atoms with van der Waals surface area (Å²) in [7, 11) is -3.29. The number of nitrogens with zero attached hydrogens (tertiary/aromatic N) is 1. The zero-order valence-electron chi connectivity index (χ0n) is 8.80. The van der Waals surface area contributed by atoms with Gasteiger partial charge in [-0.25, -0.2) is 8.42 Å². The van der Waals surface area contributed by atoms with Crippen molar-refractivity contribution in [3.05, 3.63) is 0 Å². The third-order valence-corrected chi connectivity index (χ3v) is 4.10. The first-order chi connectivity index (χ1) is 6.99. The Morgan fingerprint density at radius 3 is 2.73 bits per heavy atom. The average Bonchev–Trinajstić information content (AvgIpc) is 2.16.